The van der Waals surface area contributed by atoms with E-state index in [4.69, 9.17) is 9.72 Å². The van der Waals surface area contributed by atoms with Gasteiger partial charge in [-0.2, -0.15) is 4.39 Å². The second-order valence-electron chi connectivity index (χ2n) is 10.2. The van der Waals surface area contributed by atoms with Gasteiger partial charge in [0.05, 0.1) is 46.2 Å². The second-order valence-corrected chi connectivity index (χ2v) is 12.1. The zero-order chi connectivity index (χ0) is 28.6. The predicted octanol–water partition coefficient (Wildman–Crippen LogP) is 4.09. The molecule has 0 spiro atoms. The molecule has 40 heavy (non-hydrogen) atoms. The molecule has 1 aromatic carbocycles. The highest BCUT2D eigenvalue weighted by molar-refractivity contribution is 7.90. The molecular formula is C29H30FN5O4S. The van der Waals surface area contributed by atoms with E-state index in [1.165, 1.54) is 12.1 Å². The minimum absolute atomic E-state index is 0.0212. The van der Waals surface area contributed by atoms with E-state index in [1.807, 2.05) is 19.9 Å². The van der Waals surface area contributed by atoms with Gasteiger partial charge in [0.2, 0.25) is 5.95 Å². The number of pyridine rings is 3. The van der Waals surface area contributed by atoms with Gasteiger partial charge < -0.3 is 15.0 Å². The Morgan fingerprint density at radius 2 is 1.82 bits per heavy atom. The van der Waals surface area contributed by atoms with E-state index in [1.54, 1.807) is 43.5 Å². The van der Waals surface area contributed by atoms with Crippen LogP contribution in [0.2, 0.25) is 0 Å². The molecule has 9 nitrogen and oxygen atoms in total. The maximum absolute atomic E-state index is 14.3. The lowest BCUT2D eigenvalue weighted by Gasteiger charge is -2.37. The fourth-order valence-corrected chi connectivity index (χ4v) is 5.94. The summed E-state index contributed by atoms with van der Waals surface area (Å²) in [5, 5.41) is 3.57. The van der Waals surface area contributed by atoms with Gasteiger partial charge in [0.25, 0.3) is 5.91 Å². The standard InChI is InChI=1S/C29H30FN5O4S/c1-17-5-6-20(11-26(17)40(4,37)38)29(36)32-14-22-12-24-21(13-31-22)7-8-23(33-24)28-25(9-10-27(30)34-28)35-15-18(2)39-19(3)16-35/h5-13,18-19H,14-16H2,1-4H3,(H,32,36)/t18-,19+. The molecule has 2 atom stereocenters. The van der Waals surface area contributed by atoms with Gasteiger partial charge in [-0.25, -0.2) is 18.4 Å². The SMILES string of the molecule is Cc1ccc(C(=O)NCc2cc3nc(-c4nc(F)ccc4N4C[C@@H](C)O[C@@H](C)C4)ccc3cn2)cc1S(C)(=O)=O. The number of nitrogens with zero attached hydrogens (tertiary/aromatic N) is 4. The summed E-state index contributed by atoms with van der Waals surface area (Å²) in [6, 6.07) is 13.0. The Labute approximate surface area is 232 Å². The maximum atomic E-state index is 14.3. The molecule has 3 aromatic heterocycles. The van der Waals surface area contributed by atoms with Crippen LogP contribution >= 0.6 is 0 Å². The van der Waals surface area contributed by atoms with Crippen LogP contribution in [0.3, 0.4) is 0 Å². The lowest BCUT2D eigenvalue weighted by atomic mass is 10.1. The highest BCUT2D eigenvalue weighted by Gasteiger charge is 2.25. The Hall–Kier alpha value is -3.96. The van der Waals surface area contributed by atoms with Gasteiger partial charge in [0.1, 0.15) is 5.69 Å². The number of carbonyl (C=O) groups is 1. The van der Waals surface area contributed by atoms with Crippen LogP contribution in [0.1, 0.15) is 35.5 Å². The fraction of sp³-hybridized carbons (Fsp3) is 0.310. The first-order chi connectivity index (χ1) is 19.0. The summed E-state index contributed by atoms with van der Waals surface area (Å²) < 4.78 is 44.2. The van der Waals surface area contributed by atoms with E-state index >= 15 is 0 Å². The summed E-state index contributed by atoms with van der Waals surface area (Å²) in [6.45, 7) is 7.10. The van der Waals surface area contributed by atoms with Crippen LogP contribution in [-0.4, -0.2) is 60.8 Å². The van der Waals surface area contributed by atoms with E-state index in [0.717, 1.165) is 17.3 Å². The van der Waals surface area contributed by atoms with Crippen LogP contribution in [0, 0.1) is 12.9 Å². The van der Waals surface area contributed by atoms with Crippen molar-refractivity contribution in [2.45, 2.75) is 44.4 Å². The molecular weight excluding hydrogens is 533 g/mol. The van der Waals surface area contributed by atoms with Gasteiger partial charge in [-0.1, -0.05) is 6.07 Å². The topological polar surface area (TPSA) is 114 Å². The highest BCUT2D eigenvalue weighted by Crippen LogP contribution is 2.31. The summed E-state index contributed by atoms with van der Waals surface area (Å²) >= 11 is 0. The number of sulfone groups is 1. The molecule has 1 amide bonds. The number of benzene rings is 1. The highest BCUT2D eigenvalue weighted by atomic mass is 32.2. The van der Waals surface area contributed by atoms with Gasteiger partial charge in [0.15, 0.2) is 9.84 Å². The molecule has 4 heterocycles. The second kappa shape index (κ2) is 10.9. The zero-order valence-electron chi connectivity index (χ0n) is 22.7. The van der Waals surface area contributed by atoms with Gasteiger partial charge in [-0.15, -0.1) is 0 Å². The first-order valence-corrected chi connectivity index (χ1v) is 14.8. The Kier molecular flexibility index (Phi) is 7.52. The van der Waals surface area contributed by atoms with E-state index < -0.39 is 21.7 Å². The zero-order valence-corrected chi connectivity index (χ0v) is 23.5. The number of anilines is 1. The van der Waals surface area contributed by atoms with Crippen LogP contribution in [-0.2, 0) is 21.1 Å². The summed E-state index contributed by atoms with van der Waals surface area (Å²) in [6.07, 6.45) is 2.81. The van der Waals surface area contributed by atoms with Crippen LogP contribution in [0.5, 0.6) is 0 Å². The Bertz CT molecular complexity index is 1700. The largest absolute Gasteiger partial charge is 0.372 e. The van der Waals surface area contributed by atoms with Crippen molar-refractivity contribution in [1.29, 1.82) is 0 Å². The molecule has 5 rings (SSSR count). The maximum Gasteiger partial charge on any atom is 0.251 e. The number of amides is 1. The first kappa shape index (κ1) is 27.6. The van der Waals surface area contributed by atoms with E-state index in [0.29, 0.717) is 41.3 Å². The van der Waals surface area contributed by atoms with Crippen LogP contribution in [0.4, 0.5) is 10.1 Å². The number of aryl methyl sites for hydroxylation is 1. The Morgan fingerprint density at radius 3 is 2.55 bits per heavy atom. The monoisotopic (exact) mass is 563 g/mol. The van der Waals surface area contributed by atoms with Gasteiger partial charge in [-0.3, -0.25) is 9.78 Å². The van der Waals surface area contributed by atoms with Crippen molar-refractivity contribution in [1.82, 2.24) is 20.3 Å². The molecule has 208 valence electrons. The number of nitrogens with one attached hydrogen (secondary N) is 1. The number of halogens is 1. The molecule has 11 heteroatoms. The van der Waals surface area contributed by atoms with Gasteiger partial charge in [-0.05, 0) is 68.8 Å². The van der Waals surface area contributed by atoms with Crippen molar-refractivity contribution in [3.8, 4) is 11.4 Å². The minimum Gasteiger partial charge on any atom is -0.372 e. The molecule has 4 aromatic rings. The number of carbonyl (C=O) groups excluding carboxylic acids is 1. The molecule has 1 fully saturated rings. The molecule has 1 N–H and O–H groups in total. The number of aromatic nitrogens is 3. The summed E-state index contributed by atoms with van der Waals surface area (Å²) in [4.78, 5) is 28.4. The van der Waals surface area contributed by atoms with Crippen LogP contribution in [0.25, 0.3) is 22.3 Å². The summed E-state index contributed by atoms with van der Waals surface area (Å²) in [5.74, 6) is -1.01. The average Bonchev–Trinajstić information content (AvgIpc) is 2.90. The van der Waals surface area contributed by atoms with Gasteiger partial charge >= 0.3 is 0 Å². The molecule has 1 aliphatic rings. The van der Waals surface area contributed by atoms with Gasteiger partial charge in [0, 0.05) is 36.5 Å². The number of hydrogen-bond acceptors (Lipinski definition) is 8. The normalized spacial score (nSPS) is 17.7. The number of fused-ring (bicyclic) bond motifs is 1. The molecule has 0 saturated carbocycles. The lowest BCUT2D eigenvalue weighted by molar-refractivity contribution is -0.00520. The third-order valence-corrected chi connectivity index (χ3v) is 7.99. The average molecular weight is 564 g/mol. The molecule has 0 unspecified atom stereocenters. The molecule has 1 saturated heterocycles. The third-order valence-electron chi connectivity index (χ3n) is 6.75. The van der Waals surface area contributed by atoms with Crippen molar-refractivity contribution < 1.29 is 22.3 Å². The third kappa shape index (κ3) is 5.95. The fourth-order valence-electron chi connectivity index (χ4n) is 4.95. The van der Waals surface area contributed by atoms with Crippen LogP contribution in [0.15, 0.2) is 59.6 Å². The number of morpholine rings is 1. The Morgan fingerprint density at radius 1 is 1.07 bits per heavy atom. The number of rotatable bonds is 6. The van der Waals surface area contributed by atoms with Crippen molar-refractivity contribution in [2.75, 3.05) is 24.2 Å². The van der Waals surface area contributed by atoms with Crippen molar-refractivity contribution in [2.24, 2.45) is 0 Å². The van der Waals surface area contributed by atoms with Crippen molar-refractivity contribution in [3.05, 3.63) is 77.5 Å². The van der Waals surface area contributed by atoms with E-state index in [-0.39, 0.29) is 29.2 Å². The smallest absolute Gasteiger partial charge is 0.251 e. The van der Waals surface area contributed by atoms with E-state index in [2.05, 4.69) is 20.2 Å². The molecule has 0 bridgehead atoms. The quantitative estimate of drug-likeness (QED) is 0.349. The molecule has 0 radical (unpaired) electrons. The number of hydrogen-bond donors (Lipinski definition) is 1. The first-order valence-electron chi connectivity index (χ1n) is 12.9. The summed E-state index contributed by atoms with van der Waals surface area (Å²) in [5.41, 5.74) is 3.73. The van der Waals surface area contributed by atoms with E-state index in [9.17, 15) is 17.6 Å². The van der Waals surface area contributed by atoms with Crippen LogP contribution < -0.4 is 10.2 Å². The predicted molar refractivity (Wildman–Crippen MR) is 150 cm³/mol. The van der Waals surface area contributed by atoms with Crippen molar-refractivity contribution in [3.63, 3.8) is 0 Å². The molecule has 1 aliphatic heterocycles. The number of ether oxygens (including phenoxy) is 1. The summed E-state index contributed by atoms with van der Waals surface area (Å²) in [7, 11) is -3.47. The lowest BCUT2D eigenvalue weighted by Crippen LogP contribution is -2.45. The Balaban J connectivity index is 1.40. The molecule has 0 aliphatic carbocycles. The van der Waals surface area contributed by atoms with Crippen molar-refractivity contribution >= 4 is 32.3 Å². The minimum atomic E-state index is -3.47.